The van der Waals surface area contributed by atoms with Crippen LogP contribution < -0.4 is 5.32 Å². The summed E-state index contributed by atoms with van der Waals surface area (Å²) >= 11 is 11.2. The lowest BCUT2D eigenvalue weighted by atomic mass is 9.43. The van der Waals surface area contributed by atoms with Crippen LogP contribution in [0, 0.1) is 16.2 Å². The quantitative estimate of drug-likeness (QED) is 0.637. The highest BCUT2D eigenvalue weighted by molar-refractivity contribution is 9.24. The van der Waals surface area contributed by atoms with Crippen LogP contribution in [0.1, 0.15) is 26.7 Å². The molecular weight excluding hydrogens is 464 g/mol. The van der Waals surface area contributed by atoms with Gasteiger partial charge in [-0.25, -0.2) is 0 Å². The van der Waals surface area contributed by atoms with Crippen molar-refractivity contribution in [1.29, 1.82) is 0 Å². The van der Waals surface area contributed by atoms with Gasteiger partial charge in [-0.05, 0) is 30.4 Å². The number of alkyl halides is 3. The summed E-state index contributed by atoms with van der Waals surface area (Å²) in [6, 6.07) is 3.65. The predicted octanol–water partition coefficient (Wildman–Crippen LogP) is 4.71. The van der Waals surface area contributed by atoms with E-state index < -0.39 is 0 Å². The SMILES string of the molecule is CC1(C)[C@@]2(C(=O)Nc3ccncc3)CC[C@@]1(C(Br)Br)[C@H]2Br. The lowest BCUT2D eigenvalue weighted by molar-refractivity contribution is -0.155. The standard InChI is InChI=1S/C15H17Br3N2O/c1-13(2)14(11(17)18)5-6-15(13,10(14)16)12(21)20-9-3-7-19-8-4-9/h3-4,7-8,10-11H,5-6H2,1-2H3,(H,19,20,21)/t10-,14+,15+/m1/s1. The van der Waals surface area contributed by atoms with Gasteiger partial charge in [0.15, 0.2) is 0 Å². The normalized spacial score (nSPS) is 36.4. The fourth-order valence-electron chi connectivity index (χ4n) is 4.38. The van der Waals surface area contributed by atoms with E-state index in [4.69, 9.17) is 0 Å². The molecule has 0 aliphatic heterocycles. The van der Waals surface area contributed by atoms with Gasteiger partial charge in [0.1, 0.15) is 0 Å². The maximum Gasteiger partial charge on any atom is 0.232 e. The Morgan fingerprint density at radius 3 is 2.43 bits per heavy atom. The van der Waals surface area contributed by atoms with Crippen molar-refractivity contribution in [3.63, 3.8) is 0 Å². The van der Waals surface area contributed by atoms with Crippen LogP contribution in [0.15, 0.2) is 24.5 Å². The van der Waals surface area contributed by atoms with Crippen molar-refractivity contribution in [3.8, 4) is 0 Å². The molecule has 1 heterocycles. The molecule has 1 amide bonds. The van der Waals surface area contributed by atoms with Gasteiger partial charge in [0.2, 0.25) is 5.91 Å². The summed E-state index contributed by atoms with van der Waals surface area (Å²) in [6.45, 7) is 4.42. The third-order valence-electron chi connectivity index (χ3n) is 5.83. The lowest BCUT2D eigenvalue weighted by Crippen LogP contribution is -2.71. The Balaban J connectivity index is 1.91. The number of anilines is 1. The average Bonchev–Trinajstić information content (AvgIpc) is 2.89. The first-order valence-corrected chi connectivity index (χ1v) is 9.69. The molecule has 3 saturated carbocycles. The van der Waals surface area contributed by atoms with E-state index in [9.17, 15) is 4.79 Å². The van der Waals surface area contributed by atoms with Crippen molar-refractivity contribution in [2.75, 3.05) is 5.32 Å². The summed E-state index contributed by atoms with van der Waals surface area (Å²) in [5.74, 6) is 0.106. The van der Waals surface area contributed by atoms with Gasteiger partial charge in [-0.1, -0.05) is 61.6 Å². The Morgan fingerprint density at radius 1 is 1.33 bits per heavy atom. The highest BCUT2D eigenvalue weighted by Crippen LogP contribution is 2.82. The Kier molecular flexibility index (Phi) is 3.82. The zero-order valence-corrected chi connectivity index (χ0v) is 16.6. The maximum absolute atomic E-state index is 13.0. The molecule has 21 heavy (non-hydrogen) atoms. The molecule has 1 aromatic rings. The van der Waals surface area contributed by atoms with Crippen molar-refractivity contribution < 1.29 is 4.79 Å². The molecule has 3 aliphatic carbocycles. The van der Waals surface area contributed by atoms with Crippen LogP contribution in [0.25, 0.3) is 0 Å². The molecule has 0 unspecified atom stereocenters. The van der Waals surface area contributed by atoms with Crippen LogP contribution in [0.2, 0.25) is 0 Å². The molecule has 3 aliphatic rings. The molecule has 0 aromatic carbocycles. The van der Waals surface area contributed by atoms with E-state index in [2.05, 4.69) is 71.9 Å². The Morgan fingerprint density at radius 2 is 1.95 bits per heavy atom. The second kappa shape index (κ2) is 5.03. The highest BCUT2D eigenvalue weighted by atomic mass is 79.9. The number of hydrogen-bond acceptors (Lipinski definition) is 2. The zero-order chi connectivity index (χ0) is 15.5. The van der Waals surface area contributed by atoms with Crippen molar-refractivity contribution in [2.24, 2.45) is 16.2 Å². The van der Waals surface area contributed by atoms with Crippen LogP contribution >= 0.6 is 47.8 Å². The van der Waals surface area contributed by atoms with Crippen molar-refractivity contribution in [2.45, 2.75) is 35.3 Å². The molecule has 6 heteroatoms. The summed E-state index contributed by atoms with van der Waals surface area (Å²) in [5.41, 5.74) is 0.417. The number of hydrogen-bond donors (Lipinski definition) is 1. The topological polar surface area (TPSA) is 42.0 Å². The van der Waals surface area contributed by atoms with Gasteiger partial charge >= 0.3 is 0 Å². The van der Waals surface area contributed by atoms with Gasteiger partial charge in [-0.3, -0.25) is 9.78 Å². The molecule has 0 spiro atoms. The number of aromatic nitrogens is 1. The Labute approximate surface area is 150 Å². The molecule has 114 valence electrons. The van der Waals surface area contributed by atoms with E-state index in [0.29, 0.717) is 0 Å². The van der Waals surface area contributed by atoms with Crippen LogP contribution in [0.3, 0.4) is 0 Å². The third-order valence-corrected chi connectivity index (χ3v) is 9.06. The largest absolute Gasteiger partial charge is 0.325 e. The first kappa shape index (κ1) is 15.9. The van der Waals surface area contributed by atoms with Crippen LogP contribution in [0.5, 0.6) is 0 Å². The molecule has 3 fully saturated rings. The summed E-state index contributed by atoms with van der Waals surface area (Å²) in [4.78, 5) is 17.1. The fourth-order valence-corrected chi connectivity index (χ4v) is 9.29. The van der Waals surface area contributed by atoms with E-state index in [-0.39, 0.29) is 30.7 Å². The zero-order valence-electron chi connectivity index (χ0n) is 11.9. The van der Waals surface area contributed by atoms with Gasteiger partial charge in [-0.15, -0.1) is 0 Å². The van der Waals surface area contributed by atoms with E-state index >= 15 is 0 Å². The van der Waals surface area contributed by atoms with E-state index in [0.717, 1.165) is 18.5 Å². The van der Waals surface area contributed by atoms with Gasteiger partial charge in [0.05, 0.1) is 9.15 Å². The first-order chi connectivity index (χ1) is 9.80. The number of fused-ring (bicyclic) bond motifs is 1. The minimum Gasteiger partial charge on any atom is -0.325 e. The lowest BCUT2D eigenvalue weighted by Gasteiger charge is -2.66. The number of nitrogens with zero attached hydrogens (tertiary/aromatic N) is 1. The Hall–Kier alpha value is 0.0600. The van der Waals surface area contributed by atoms with Gasteiger partial charge in [0, 0.05) is 28.3 Å². The fraction of sp³-hybridized carbons (Fsp3) is 0.600. The van der Waals surface area contributed by atoms with E-state index in [1.165, 1.54) is 0 Å². The number of halogens is 3. The smallest absolute Gasteiger partial charge is 0.232 e. The maximum atomic E-state index is 13.0. The van der Waals surface area contributed by atoms with Crippen molar-refractivity contribution >= 4 is 59.4 Å². The van der Waals surface area contributed by atoms with Crippen LogP contribution in [-0.4, -0.2) is 19.5 Å². The molecular formula is C15H17Br3N2O. The van der Waals surface area contributed by atoms with Crippen molar-refractivity contribution in [3.05, 3.63) is 24.5 Å². The molecule has 1 N–H and O–H groups in total. The molecule has 0 saturated heterocycles. The van der Waals surface area contributed by atoms with E-state index in [1.807, 2.05) is 12.1 Å². The summed E-state index contributed by atoms with van der Waals surface area (Å²) < 4.78 is 0.196. The number of carbonyl (C=O) groups is 1. The molecule has 3 nitrogen and oxygen atoms in total. The van der Waals surface area contributed by atoms with Gasteiger partial charge in [0.25, 0.3) is 0 Å². The molecule has 0 radical (unpaired) electrons. The number of amides is 1. The minimum atomic E-state index is -0.365. The van der Waals surface area contributed by atoms with Gasteiger partial charge in [-0.2, -0.15) is 0 Å². The molecule has 1 aromatic heterocycles. The number of carbonyl (C=O) groups excluding carboxylic acids is 1. The average molecular weight is 481 g/mol. The molecule has 4 rings (SSSR count). The monoisotopic (exact) mass is 478 g/mol. The minimum absolute atomic E-state index is 0.0581. The third kappa shape index (κ3) is 1.75. The summed E-state index contributed by atoms with van der Waals surface area (Å²) in [7, 11) is 0. The first-order valence-electron chi connectivity index (χ1n) is 6.94. The molecule has 2 bridgehead atoms. The highest BCUT2D eigenvalue weighted by Gasteiger charge is 2.83. The second-order valence-corrected chi connectivity index (χ2v) is 10.5. The number of pyridine rings is 1. The predicted molar refractivity (Wildman–Crippen MR) is 95.1 cm³/mol. The van der Waals surface area contributed by atoms with E-state index in [1.54, 1.807) is 12.4 Å². The molecule has 3 atom stereocenters. The van der Waals surface area contributed by atoms with Crippen molar-refractivity contribution in [1.82, 2.24) is 4.98 Å². The summed E-state index contributed by atoms with van der Waals surface area (Å²) in [5, 5.41) is 3.06. The van der Waals surface area contributed by atoms with Crippen LogP contribution in [0.4, 0.5) is 5.69 Å². The summed E-state index contributed by atoms with van der Waals surface area (Å²) in [6.07, 6.45) is 5.31. The van der Waals surface area contributed by atoms with Crippen LogP contribution in [-0.2, 0) is 4.79 Å². The second-order valence-electron chi connectivity index (χ2n) is 6.49. The number of nitrogens with one attached hydrogen (secondary N) is 1. The van der Waals surface area contributed by atoms with Gasteiger partial charge < -0.3 is 5.32 Å². The number of rotatable bonds is 3. The Bertz CT molecular complexity index is 578.